The third-order valence-electron chi connectivity index (χ3n) is 2.96. The maximum atomic E-state index is 11.4. The fourth-order valence-electron chi connectivity index (χ4n) is 1.94. The molecule has 2 aromatic rings. The molecule has 0 atom stereocenters. The Labute approximate surface area is 123 Å². The number of carbonyl (C=O) groups excluding carboxylic acids is 1. The van der Waals surface area contributed by atoms with Crippen molar-refractivity contribution in [1.82, 2.24) is 0 Å². The number of benzene rings is 2. The predicted molar refractivity (Wildman–Crippen MR) is 84.0 cm³/mol. The highest BCUT2D eigenvalue weighted by molar-refractivity contribution is 5.99. The highest BCUT2D eigenvalue weighted by Gasteiger charge is 2.08. The number of anilines is 2. The fourth-order valence-corrected chi connectivity index (χ4v) is 1.94. The highest BCUT2D eigenvalue weighted by Crippen LogP contribution is 2.24. The van der Waals surface area contributed by atoms with Crippen molar-refractivity contribution in [3.63, 3.8) is 0 Å². The fraction of sp³-hybridized carbons (Fsp3) is 0.188. The molecule has 0 heterocycles. The van der Waals surface area contributed by atoms with E-state index in [9.17, 15) is 4.79 Å². The van der Waals surface area contributed by atoms with E-state index in [0.29, 0.717) is 24.4 Å². The number of amides is 1. The van der Waals surface area contributed by atoms with E-state index in [1.807, 2.05) is 43.3 Å². The maximum Gasteiger partial charge on any atom is 0.250 e. The molecule has 0 aliphatic rings. The molecule has 0 radical (unpaired) electrons. The SMILES string of the molecule is Cc1ccc(C(N)=O)c(Nc2ccc(OCCN)cc2)c1. The quantitative estimate of drug-likeness (QED) is 0.758. The third kappa shape index (κ3) is 3.97. The molecule has 5 nitrogen and oxygen atoms in total. The second kappa shape index (κ2) is 6.76. The van der Waals surface area contributed by atoms with Gasteiger partial charge in [0.2, 0.25) is 0 Å². The Morgan fingerprint density at radius 3 is 2.52 bits per heavy atom. The number of rotatable bonds is 6. The molecule has 0 unspecified atom stereocenters. The van der Waals surface area contributed by atoms with Crippen LogP contribution in [-0.4, -0.2) is 19.1 Å². The average molecular weight is 285 g/mol. The molecular formula is C16H19N3O2. The van der Waals surface area contributed by atoms with E-state index < -0.39 is 5.91 Å². The molecule has 0 saturated heterocycles. The minimum Gasteiger partial charge on any atom is -0.492 e. The summed E-state index contributed by atoms with van der Waals surface area (Å²) in [6.45, 7) is 2.92. The van der Waals surface area contributed by atoms with Gasteiger partial charge in [-0.2, -0.15) is 0 Å². The van der Waals surface area contributed by atoms with Crippen molar-refractivity contribution >= 4 is 17.3 Å². The summed E-state index contributed by atoms with van der Waals surface area (Å²) < 4.78 is 5.41. The van der Waals surface area contributed by atoms with E-state index in [4.69, 9.17) is 16.2 Å². The Balaban J connectivity index is 2.18. The van der Waals surface area contributed by atoms with Crippen molar-refractivity contribution in [1.29, 1.82) is 0 Å². The Bertz CT molecular complexity index is 624. The van der Waals surface area contributed by atoms with Crippen molar-refractivity contribution in [3.05, 3.63) is 53.6 Å². The van der Waals surface area contributed by atoms with Gasteiger partial charge in [0.25, 0.3) is 5.91 Å². The molecule has 21 heavy (non-hydrogen) atoms. The van der Waals surface area contributed by atoms with Crippen LogP contribution in [0.25, 0.3) is 0 Å². The van der Waals surface area contributed by atoms with Gasteiger partial charge in [0.15, 0.2) is 0 Å². The number of aryl methyl sites for hydroxylation is 1. The first kappa shape index (κ1) is 14.9. The molecular weight excluding hydrogens is 266 g/mol. The smallest absolute Gasteiger partial charge is 0.250 e. The van der Waals surface area contributed by atoms with E-state index in [2.05, 4.69) is 5.32 Å². The van der Waals surface area contributed by atoms with Crippen LogP contribution in [0.2, 0.25) is 0 Å². The van der Waals surface area contributed by atoms with E-state index >= 15 is 0 Å². The van der Waals surface area contributed by atoms with Crippen LogP contribution in [0.4, 0.5) is 11.4 Å². The largest absolute Gasteiger partial charge is 0.492 e. The summed E-state index contributed by atoms with van der Waals surface area (Å²) in [5.74, 6) is 0.297. The highest BCUT2D eigenvalue weighted by atomic mass is 16.5. The molecule has 0 bridgehead atoms. The first-order valence-electron chi connectivity index (χ1n) is 6.70. The van der Waals surface area contributed by atoms with Crippen LogP contribution in [0.1, 0.15) is 15.9 Å². The molecule has 0 spiro atoms. The number of nitrogens with one attached hydrogen (secondary N) is 1. The van der Waals surface area contributed by atoms with Crippen molar-refractivity contribution in [2.75, 3.05) is 18.5 Å². The standard InChI is InChI=1S/C16H19N3O2/c1-11-2-7-14(16(18)20)15(10-11)19-12-3-5-13(6-4-12)21-9-8-17/h2-7,10,19H,8-9,17H2,1H3,(H2,18,20). The van der Waals surface area contributed by atoms with Gasteiger partial charge in [-0.3, -0.25) is 4.79 Å². The molecule has 0 fully saturated rings. The molecule has 2 rings (SSSR count). The average Bonchev–Trinajstić information content (AvgIpc) is 2.46. The zero-order valence-corrected chi connectivity index (χ0v) is 11.9. The van der Waals surface area contributed by atoms with Gasteiger partial charge in [-0.05, 0) is 48.9 Å². The van der Waals surface area contributed by atoms with Gasteiger partial charge in [0.1, 0.15) is 12.4 Å². The van der Waals surface area contributed by atoms with Crippen LogP contribution in [0.15, 0.2) is 42.5 Å². The van der Waals surface area contributed by atoms with Crippen LogP contribution in [0.3, 0.4) is 0 Å². The Morgan fingerprint density at radius 2 is 1.90 bits per heavy atom. The minimum absolute atomic E-state index is 0.458. The molecule has 1 amide bonds. The van der Waals surface area contributed by atoms with Crippen molar-refractivity contribution in [2.45, 2.75) is 6.92 Å². The molecule has 2 aromatic carbocycles. The number of primary amides is 1. The summed E-state index contributed by atoms with van der Waals surface area (Å²) in [4.78, 5) is 11.4. The lowest BCUT2D eigenvalue weighted by atomic mass is 10.1. The summed E-state index contributed by atoms with van der Waals surface area (Å²) in [7, 11) is 0. The lowest BCUT2D eigenvalue weighted by molar-refractivity contribution is 0.100. The van der Waals surface area contributed by atoms with Gasteiger partial charge >= 0.3 is 0 Å². The molecule has 110 valence electrons. The number of ether oxygens (including phenoxy) is 1. The maximum absolute atomic E-state index is 11.4. The Hall–Kier alpha value is -2.53. The summed E-state index contributed by atoms with van der Waals surface area (Å²) in [6.07, 6.45) is 0. The number of hydrogen-bond donors (Lipinski definition) is 3. The minimum atomic E-state index is -0.458. The van der Waals surface area contributed by atoms with Crippen LogP contribution >= 0.6 is 0 Å². The number of hydrogen-bond acceptors (Lipinski definition) is 4. The summed E-state index contributed by atoms with van der Waals surface area (Å²) in [6, 6.07) is 12.9. The van der Waals surface area contributed by atoms with Gasteiger partial charge in [-0.1, -0.05) is 6.07 Å². The second-order valence-corrected chi connectivity index (χ2v) is 4.70. The lowest BCUT2D eigenvalue weighted by Gasteiger charge is -2.12. The van der Waals surface area contributed by atoms with E-state index in [1.54, 1.807) is 6.07 Å². The number of carbonyl (C=O) groups is 1. The topological polar surface area (TPSA) is 90.4 Å². The summed E-state index contributed by atoms with van der Waals surface area (Å²) in [5, 5.41) is 3.20. The van der Waals surface area contributed by atoms with Crippen molar-refractivity contribution in [3.8, 4) is 5.75 Å². The van der Waals surface area contributed by atoms with Crippen LogP contribution in [0.5, 0.6) is 5.75 Å². The summed E-state index contributed by atoms with van der Waals surface area (Å²) >= 11 is 0. The van der Waals surface area contributed by atoms with Gasteiger partial charge in [-0.25, -0.2) is 0 Å². The molecule has 0 aliphatic carbocycles. The van der Waals surface area contributed by atoms with Gasteiger partial charge in [0.05, 0.1) is 11.3 Å². The van der Waals surface area contributed by atoms with Crippen LogP contribution < -0.4 is 21.5 Å². The summed E-state index contributed by atoms with van der Waals surface area (Å²) in [5.41, 5.74) is 13.8. The molecule has 0 aromatic heterocycles. The zero-order valence-electron chi connectivity index (χ0n) is 11.9. The van der Waals surface area contributed by atoms with Crippen LogP contribution in [-0.2, 0) is 0 Å². The van der Waals surface area contributed by atoms with Gasteiger partial charge in [-0.15, -0.1) is 0 Å². The molecule has 5 heteroatoms. The van der Waals surface area contributed by atoms with Gasteiger partial charge in [0, 0.05) is 12.2 Å². The van der Waals surface area contributed by atoms with Crippen molar-refractivity contribution in [2.24, 2.45) is 11.5 Å². The Morgan fingerprint density at radius 1 is 1.19 bits per heavy atom. The first-order valence-corrected chi connectivity index (χ1v) is 6.70. The normalized spacial score (nSPS) is 10.2. The zero-order chi connectivity index (χ0) is 15.2. The van der Waals surface area contributed by atoms with E-state index in [1.165, 1.54) is 0 Å². The van der Waals surface area contributed by atoms with E-state index in [0.717, 1.165) is 17.0 Å². The molecule has 0 aliphatic heterocycles. The molecule has 5 N–H and O–H groups in total. The first-order chi connectivity index (χ1) is 10.1. The van der Waals surface area contributed by atoms with Crippen molar-refractivity contribution < 1.29 is 9.53 Å². The third-order valence-corrected chi connectivity index (χ3v) is 2.96. The second-order valence-electron chi connectivity index (χ2n) is 4.70. The molecule has 0 saturated carbocycles. The predicted octanol–water partition coefficient (Wildman–Crippen LogP) is 2.18. The monoisotopic (exact) mass is 285 g/mol. The Kier molecular flexibility index (Phi) is 4.79. The van der Waals surface area contributed by atoms with Crippen LogP contribution in [0, 0.1) is 6.92 Å². The van der Waals surface area contributed by atoms with Gasteiger partial charge < -0.3 is 21.5 Å². The van der Waals surface area contributed by atoms with E-state index in [-0.39, 0.29) is 0 Å². The number of nitrogens with two attached hydrogens (primary N) is 2. The lowest BCUT2D eigenvalue weighted by Crippen LogP contribution is -2.13.